The average Bonchev–Trinajstić information content (AvgIpc) is 2.69. The molecule has 1 aliphatic rings. The lowest BCUT2D eigenvalue weighted by Gasteiger charge is -2.16. The van der Waals surface area contributed by atoms with E-state index < -0.39 is 0 Å². The average molecular weight is 204 g/mol. The van der Waals surface area contributed by atoms with Gasteiger partial charge in [-0.25, -0.2) is 0 Å². The van der Waals surface area contributed by atoms with Gasteiger partial charge in [-0.05, 0) is 36.3 Å². The second-order valence-electron chi connectivity index (χ2n) is 4.65. The summed E-state index contributed by atoms with van der Waals surface area (Å²) in [7, 11) is 0. The largest absolute Gasteiger partial charge is 0.393 e. The maximum Gasteiger partial charge on any atom is 0.0574 e. The highest BCUT2D eigenvalue weighted by atomic mass is 16.3. The Morgan fingerprint density at radius 1 is 1.27 bits per heavy atom. The molecule has 0 saturated heterocycles. The fourth-order valence-electron chi connectivity index (χ4n) is 2.51. The van der Waals surface area contributed by atoms with Crippen LogP contribution in [0.3, 0.4) is 0 Å². The Kier molecular flexibility index (Phi) is 3.42. The number of hydrogen-bond acceptors (Lipinski definition) is 1. The van der Waals surface area contributed by atoms with Gasteiger partial charge in [-0.15, -0.1) is 0 Å². The van der Waals surface area contributed by atoms with Gasteiger partial charge >= 0.3 is 0 Å². The van der Waals surface area contributed by atoms with Gasteiger partial charge in [-0.1, -0.05) is 44.0 Å². The zero-order chi connectivity index (χ0) is 10.7. The summed E-state index contributed by atoms with van der Waals surface area (Å²) in [6, 6.07) is 8.59. The van der Waals surface area contributed by atoms with Gasteiger partial charge < -0.3 is 5.11 Å². The van der Waals surface area contributed by atoms with Crippen molar-refractivity contribution in [2.24, 2.45) is 5.92 Å². The number of fused-ring (bicyclic) bond motifs is 1. The molecule has 0 radical (unpaired) electrons. The smallest absolute Gasteiger partial charge is 0.0574 e. The fourth-order valence-corrected chi connectivity index (χ4v) is 2.51. The van der Waals surface area contributed by atoms with Crippen LogP contribution in [-0.4, -0.2) is 11.2 Å². The molecule has 0 aromatic heterocycles. The molecule has 1 heteroatoms. The molecule has 0 bridgehead atoms. The lowest BCUT2D eigenvalue weighted by atomic mass is 9.95. The third-order valence-electron chi connectivity index (χ3n) is 3.48. The minimum atomic E-state index is -0.0997. The first-order valence-corrected chi connectivity index (χ1v) is 6.06. The molecular formula is C14H20O. The predicted octanol–water partition coefficient (Wildman–Crippen LogP) is 2.95. The molecule has 1 aliphatic carbocycles. The topological polar surface area (TPSA) is 20.2 Å². The Labute approximate surface area is 92.1 Å². The Morgan fingerprint density at radius 2 is 1.87 bits per heavy atom. The summed E-state index contributed by atoms with van der Waals surface area (Å²) < 4.78 is 0. The number of unbranched alkanes of at least 4 members (excludes halogenated alkanes) is 1. The fraction of sp³-hybridized carbons (Fsp3) is 0.571. The van der Waals surface area contributed by atoms with Gasteiger partial charge in [0, 0.05) is 0 Å². The highest BCUT2D eigenvalue weighted by Crippen LogP contribution is 2.30. The first-order chi connectivity index (χ1) is 7.31. The standard InChI is InChI=1S/C14H20O/c1-2-3-8-14(15)13-9-11-6-4-5-7-12(11)10-13/h4-7,13-15H,2-3,8-10H2,1H3. The molecule has 1 N–H and O–H groups in total. The third-order valence-corrected chi connectivity index (χ3v) is 3.48. The Bertz CT molecular complexity index is 294. The highest BCUT2D eigenvalue weighted by Gasteiger charge is 2.26. The molecule has 0 aliphatic heterocycles. The van der Waals surface area contributed by atoms with Gasteiger partial charge in [-0.2, -0.15) is 0 Å². The molecule has 0 spiro atoms. The Morgan fingerprint density at radius 3 is 2.40 bits per heavy atom. The van der Waals surface area contributed by atoms with Crippen molar-refractivity contribution in [2.75, 3.05) is 0 Å². The number of hydrogen-bond donors (Lipinski definition) is 1. The number of aliphatic hydroxyl groups excluding tert-OH is 1. The summed E-state index contributed by atoms with van der Waals surface area (Å²) in [5.41, 5.74) is 2.89. The van der Waals surface area contributed by atoms with Gasteiger partial charge in [-0.3, -0.25) is 0 Å². The van der Waals surface area contributed by atoms with E-state index in [2.05, 4.69) is 31.2 Å². The summed E-state index contributed by atoms with van der Waals surface area (Å²) in [6.45, 7) is 2.18. The van der Waals surface area contributed by atoms with Crippen LogP contribution in [0.5, 0.6) is 0 Å². The van der Waals surface area contributed by atoms with Crippen molar-refractivity contribution in [1.82, 2.24) is 0 Å². The zero-order valence-electron chi connectivity index (χ0n) is 9.45. The maximum atomic E-state index is 10.1. The summed E-state index contributed by atoms with van der Waals surface area (Å²) in [5.74, 6) is 0.467. The molecule has 0 saturated carbocycles. The van der Waals surface area contributed by atoms with Crippen LogP contribution in [0.2, 0.25) is 0 Å². The van der Waals surface area contributed by atoms with E-state index in [0.717, 1.165) is 25.7 Å². The Balaban J connectivity index is 1.94. The van der Waals surface area contributed by atoms with E-state index >= 15 is 0 Å². The molecule has 15 heavy (non-hydrogen) atoms. The molecule has 1 unspecified atom stereocenters. The minimum Gasteiger partial charge on any atom is -0.393 e. The molecule has 0 heterocycles. The van der Waals surface area contributed by atoms with Gasteiger partial charge in [0.1, 0.15) is 0 Å². The van der Waals surface area contributed by atoms with Crippen LogP contribution < -0.4 is 0 Å². The highest BCUT2D eigenvalue weighted by molar-refractivity contribution is 5.32. The molecule has 1 atom stereocenters. The molecule has 2 rings (SSSR count). The quantitative estimate of drug-likeness (QED) is 0.799. The van der Waals surface area contributed by atoms with Gasteiger partial charge in [0.05, 0.1) is 6.10 Å². The first-order valence-electron chi connectivity index (χ1n) is 6.06. The summed E-state index contributed by atoms with van der Waals surface area (Å²) >= 11 is 0. The Hall–Kier alpha value is -0.820. The predicted molar refractivity (Wildman–Crippen MR) is 62.9 cm³/mol. The lowest BCUT2D eigenvalue weighted by molar-refractivity contribution is 0.101. The van der Waals surface area contributed by atoms with Crippen molar-refractivity contribution in [2.45, 2.75) is 45.1 Å². The molecule has 1 aromatic carbocycles. The van der Waals surface area contributed by atoms with Crippen LogP contribution in [0.4, 0.5) is 0 Å². The van der Waals surface area contributed by atoms with Crippen LogP contribution in [-0.2, 0) is 12.8 Å². The molecule has 0 fully saturated rings. The van der Waals surface area contributed by atoms with Crippen molar-refractivity contribution < 1.29 is 5.11 Å². The zero-order valence-corrected chi connectivity index (χ0v) is 9.45. The molecular weight excluding hydrogens is 184 g/mol. The van der Waals surface area contributed by atoms with Crippen molar-refractivity contribution in [3.05, 3.63) is 35.4 Å². The van der Waals surface area contributed by atoms with Gasteiger partial charge in [0.2, 0.25) is 0 Å². The normalized spacial score (nSPS) is 17.7. The number of benzene rings is 1. The van der Waals surface area contributed by atoms with Crippen molar-refractivity contribution in [3.8, 4) is 0 Å². The van der Waals surface area contributed by atoms with Crippen LogP contribution in [0.1, 0.15) is 37.3 Å². The summed E-state index contributed by atoms with van der Waals surface area (Å²) in [5, 5.41) is 10.1. The van der Waals surface area contributed by atoms with Crippen molar-refractivity contribution in [1.29, 1.82) is 0 Å². The number of aliphatic hydroxyl groups is 1. The second-order valence-corrected chi connectivity index (χ2v) is 4.65. The van der Waals surface area contributed by atoms with E-state index in [-0.39, 0.29) is 6.10 Å². The molecule has 1 nitrogen and oxygen atoms in total. The first kappa shape index (κ1) is 10.7. The van der Waals surface area contributed by atoms with E-state index in [9.17, 15) is 5.11 Å². The van der Waals surface area contributed by atoms with Crippen molar-refractivity contribution >= 4 is 0 Å². The maximum absolute atomic E-state index is 10.1. The molecule has 82 valence electrons. The van der Waals surface area contributed by atoms with Crippen LogP contribution in [0, 0.1) is 5.92 Å². The minimum absolute atomic E-state index is 0.0997. The second kappa shape index (κ2) is 4.80. The van der Waals surface area contributed by atoms with Gasteiger partial charge in [0.25, 0.3) is 0 Å². The monoisotopic (exact) mass is 204 g/mol. The van der Waals surface area contributed by atoms with Gasteiger partial charge in [0.15, 0.2) is 0 Å². The van der Waals surface area contributed by atoms with Crippen LogP contribution >= 0.6 is 0 Å². The summed E-state index contributed by atoms with van der Waals surface area (Å²) in [6.07, 6.45) is 5.33. The number of rotatable bonds is 4. The lowest BCUT2D eigenvalue weighted by Crippen LogP contribution is -2.20. The van der Waals surface area contributed by atoms with E-state index in [0.29, 0.717) is 5.92 Å². The van der Waals surface area contributed by atoms with E-state index in [1.165, 1.54) is 17.5 Å². The molecule has 0 amide bonds. The SMILES string of the molecule is CCCCC(O)C1Cc2ccccc2C1. The van der Waals surface area contributed by atoms with Crippen LogP contribution in [0.25, 0.3) is 0 Å². The van der Waals surface area contributed by atoms with Crippen LogP contribution in [0.15, 0.2) is 24.3 Å². The van der Waals surface area contributed by atoms with E-state index in [1.54, 1.807) is 0 Å². The summed E-state index contributed by atoms with van der Waals surface area (Å²) in [4.78, 5) is 0. The third kappa shape index (κ3) is 2.40. The van der Waals surface area contributed by atoms with E-state index in [4.69, 9.17) is 0 Å². The molecule has 1 aromatic rings. The van der Waals surface area contributed by atoms with E-state index in [1.807, 2.05) is 0 Å². The van der Waals surface area contributed by atoms with Crippen molar-refractivity contribution in [3.63, 3.8) is 0 Å².